The summed E-state index contributed by atoms with van der Waals surface area (Å²) in [5.41, 5.74) is 1.48. The quantitative estimate of drug-likeness (QED) is 0.661. The van der Waals surface area contributed by atoms with E-state index >= 15 is 0 Å². The standard InChI is InChI=1S/C22H25BrFN3O2/c1-15(16-5-3-2-4-6-16)27-12-10-18(14-27)26-21(28)9-11-25-22(29)19-13-17(24)7-8-20(19)23/h2-8,13,15,18H,9-12,14H2,1H3,(H,25,29)(H,26,28). The van der Waals surface area contributed by atoms with Gasteiger partial charge in [-0.3, -0.25) is 14.5 Å². The van der Waals surface area contributed by atoms with Crippen LogP contribution in [0.2, 0.25) is 0 Å². The largest absolute Gasteiger partial charge is 0.352 e. The smallest absolute Gasteiger partial charge is 0.252 e. The molecule has 1 fully saturated rings. The minimum atomic E-state index is -0.480. The Morgan fingerprint density at radius 1 is 1.24 bits per heavy atom. The van der Waals surface area contributed by atoms with Crippen LogP contribution < -0.4 is 10.6 Å². The molecule has 0 bridgehead atoms. The highest BCUT2D eigenvalue weighted by atomic mass is 79.9. The number of nitrogens with zero attached hydrogens (tertiary/aromatic N) is 1. The second-order valence-electron chi connectivity index (χ2n) is 7.26. The van der Waals surface area contributed by atoms with Crippen LogP contribution in [0.25, 0.3) is 0 Å². The normalized spacial score (nSPS) is 17.7. The van der Waals surface area contributed by atoms with Crippen molar-refractivity contribution in [1.82, 2.24) is 15.5 Å². The molecule has 1 aliphatic heterocycles. The fourth-order valence-corrected chi connectivity index (χ4v) is 3.98. The molecule has 1 heterocycles. The molecular weight excluding hydrogens is 437 g/mol. The molecule has 1 aliphatic rings. The maximum absolute atomic E-state index is 13.3. The minimum Gasteiger partial charge on any atom is -0.352 e. The second-order valence-corrected chi connectivity index (χ2v) is 8.12. The number of carbonyl (C=O) groups excluding carboxylic acids is 2. The Balaban J connectivity index is 1.41. The van der Waals surface area contributed by atoms with E-state index in [0.29, 0.717) is 10.5 Å². The lowest BCUT2D eigenvalue weighted by molar-refractivity contribution is -0.121. The number of halogens is 2. The molecule has 2 N–H and O–H groups in total. The summed E-state index contributed by atoms with van der Waals surface area (Å²) in [6.07, 6.45) is 1.09. The molecule has 0 aliphatic carbocycles. The summed E-state index contributed by atoms with van der Waals surface area (Å²) in [6.45, 7) is 4.12. The van der Waals surface area contributed by atoms with Crippen molar-refractivity contribution in [2.24, 2.45) is 0 Å². The average Bonchev–Trinajstić information content (AvgIpc) is 3.18. The topological polar surface area (TPSA) is 61.4 Å². The highest BCUT2D eigenvalue weighted by Crippen LogP contribution is 2.24. The summed E-state index contributed by atoms with van der Waals surface area (Å²) in [5, 5.41) is 5.71. The van der Waals surface area contributed by atoms with Gasteiger partial charge in [-0.1, -0.05) is 30.3 Å². The van der Waals surface area contributed by atoms with Gasteiger partial charge >= 0.3 is 0 Å². The van der Waals surface area contributed by atoms with Gasteiger partial charge < -0.3 is 10.6 Å². The van der Waals surface area contributed by atoms with Gasteiger partial charge in [0.15, 0.2) is 0 Å². The van der Waals surface area contributed by atoms with Crippen LogP contribution in [0.5, 0.6) is 0 Å². The fourth-order valence-electron chi connectivity index (χ4n) is 3.56. The first-order valence-electron chi connectivity index (χ1n) is 9.75. The Labute approximate surface area is 178 Å². The zero-order valence-corrected chi connectivity index (χ0v) is 17.9. The first-order valence-corrected chi connectivity index (χ1v) is 10.5. The molecule has 2 atom stereocenters. The number of benzene rings is 2. The number of hydrogen-bond acceptors (Lipinski definition) is 3. The van der Waals surface area contributed by atoms with E-state index < -0.39 is 11.7 Å². The molecule has 2 aromatic rings. The lowest BCUT2D eigenvalue weighted by Gasteiger charge is -2.24. The van der Waals surface area contributed by atoms with Crippen LogP contribution in [0.15, 0.2) is 53.0 Å². The van der Waals surface area contributed by atoms with Crippen molar-refractivity contribution in [3.8, 4) is 0 Å². The van der Waals surface area contributed by atoms with E-state index in [-0.39, 0.29) is 30.5 Å². The van der Waals surface area contributed by atoms with Crippen molar-refractivity contribution in [2.75, 3.05) is 19.6 Å². The van der Waals surface area contributed by atoms with Crippen LogP contribution in [-0.4, -0.2) is 42.4 Å². The number of rotatable bonds is 7. The highest BCUT2D eigenvalue weighted by Gasteiger charge is 2.27. The maximum Gasteiger partial charge on any atom is 0.252 e. The van der Waals surface area contributed by atoms with Crippen LogP contribution in [0.1, 0.15) is 41.7 Å². The summed E-state index contributed by atoms with van der Waals surface area (Å²) in [6, 6.07) is 14.7. The Morgan fingerprint density at radius 2 is 2.00 bits per heavy atom. The van der Waals surface area contributed by atoms with Crippen LogP contribution in [-0.2, 0) is 4.79 Å². The lowest BCUT2D eigenvalue weighted by atomic mass is 10.1. The van der Waals surface area contributed by atoms with E-state index in [1.807, 2.05) is 18.2 Å². The summed E-state index contributed by atoms with van der Waals surface area (Å²) < 4.78 is 13.8. The molecule has 0 radical (unpaired) electrons. The van der Waals surface area contributed by atoms with E-state index in [9.17, 15) is 14.0 Å². The summed E-state index contributed by atoms with van der Waals surface area (Å²) >= 11 is 3.23. The zero-order chi connectivity index (χ0) is 20.8. The molecule has 2 unspecified atom stereocenters. The first kappa shape index (κ1) is 21.5. The second kappa shape index (κ2) is 9.98. The van der Waals surface area contributed by atoms with Gasteiger partial charge in [0.1, 0.15) is 5.82 Å². The number of nitrogens with one attached hydrogen (secondary N) is 2. The van der Waals surface area contributed by atoms with Crippen molar-refractivity contribution in [3.63, 3.8) is 0 Å². The number of likely N-dealkylation sites (tertiary alicyclic amines) is 1. The molecule has 0 aromatic heterocycles. The van der Waals surface area contributed by atoms with Crippen LogP contribution in [0, 0.1) is 5.82 Å². The predicted molar refractivity (Wildman–Crippen MR) is 114 cm³/mol. The van der Waals surface area contributed by atoms with E-state index in [0.717, 1.165) is 19.5 Å². The third-order valence-electron chi connectivity index (χ3n) is 5.23. The molecule has 2 aromatic carbocycles. The summed E-state index contributed by atoms with van der Waals surface area (Å²) in [5.74, 6) is -0.984. The van der Waals surface area contributed by atoms with E-state index in [2.05, 4.69) is 50.5 Å². The monoisotopic (exact) mass is 461 g/mol. The molecule has 0 saturated carbocycles. The van der Waals surface area contributed by atoms with Gasteiger partial charge in [0, 0.05) is 42.6 Å². The summed E-state index contributed by atoms with van der Waals surface area (Å²) in [4.78, 5) is 26.7. The van der Waals surface area contributed by atoms with Crippen LogP contribution in [0.4, 0.5) is 4.39 Å². The van der Waals surface area contributed by atoms with E-state index in [4.69, 9.17) is 0 Å². The van der Waals surface area contributed by atoms with Crippen molar-refractivity contribution in [3.05, 3.63) is 69.9 Å². The molecule has 154 valence electrons. The molecular formula is C22H25BrFN3O2. The predicted octanol–water partition coefficient (Wildman–Crippen LogP) is 3.66. The molecule has 7 heteroatoms. The van der Waals surface area contributed by atoms with E-state index in [1.54, 1.807) is 0 Å². The molecule has 2 amide bonds. The van der Waals surface area contributed by atoms with Crippen LogP contribution in [0.3, 0.4) is 0 Å². The first-order chi connectivity index (χ1) is 13.9. The van der Waals surface area contributed by atoms with Crippen LogP contribution >= 0.6 is 15.9 Å². The minimum absolute atomic E-state index is 0.0946. The number of hydrogen-bond donors (Lipinski definition) is 2. The van der Waals surface area contributed by atoms with Gasteiger partial charge in [-0.15, -0.1) is 0 Å². The Bertz CT molecular complexity index is 862. The lowest BCUT2D eigenvalue weighted by Crippen LogP contribution is -2.39. The third kappa shape index (κ3) is 5.87. The maximum atomic E-state index is 13.3. The molecule has 0 spiro atoms. The SMILES string of the molecule is CC(c1ccccc1)N1CCC(NC(=O)CCNC(=O)c2cc(F)ccc2Br)C1. The molecule has 3 rings (SSSR count). The Kier molecular flexibility index (Phi) is 7.39. The molecule has 1 saturated heterocycles. The van der Waals surface area contributed by atoms with Crippen molar-refractivity contribution in [2.45, 2.75) is 31.8 Å². The van der Waals surface area contributed by atoms with Gasteiger partial charge in [0.05, 0.1) is 5.56 Å². The van der Waals surface area contributed by atoms with Crippen molar-refractivity contribution in [1.29, 1.82) is 0 Å². The van der Waals surface area contributed by atoms with Gasteiger partial charge in [0.25, 0.3) is 5.91 Å². The van der Waals surface area contributed by atoms with Gasteiger partial charge in [-0.2, -0.15) is 0 Å². The Hall–Kier alpha value is -2.25. The van der Waals surface area contributed by atoms with Crippen molar-refractivity contribution >= 4 is 27.7 Å². The fraction of sp³-hybridized carbons (Fsp3) is 0.364. The van der Waals surface area contributed by atoms with Gasteiger partial charge in [0.2, 0.25) is 5.91 Å². The van der Waals surface area contributed by atoms with E-state index in [1.165, 1.54) is 23.8 Å². The van der Waals surface area contributed by atoms with Gasteiger partial charge in [-0.05, 0) is 53.0 Å². The number of amides is 2. The Morgan fingerprint density at radius 3 is 2.76 bits per heavy atom. The van der Waals surface area contributed by atoms with Crippen molar-refractivity contribution < 1.29 is 14.0 Å². The number of carbonyl (C=O) groups is 2. The molecule has 29 heavy (non-hydrogen) atoms. The van der Waals surface area contributed by atoms with Gasteiger partial charge in [-0.25, -0.2) is 4.39 Å². The average molecular weight is 462 g/mol. The zero-order valence-electron chi connectivity index (χ0n) is 16.3. The molecule has 5 nitrogen and oxygen atoms in total. The third-order valence-corrected chi connectivity index (χ3v) is 5.92. The summed E-state index contributed by atoms with van der Waals surface area (Å²) in [7, 11) is 0. The highest BCUT2D eigenvalue weighted by molar-refractivity contribution is 9.10.